The number of benzene rings is 2. The van der Waals surface area contributed by atoms with Gasteiger partial charge in [-0.1, -0.05) is 12.1 Å². The van der Waals surface area contributed by atoms with E-state index in [4.69, 9.17) is 38.0 Å². The third-order valence-corrected chi connectivity index (χ3v) is 13.9. The Bertz CT molecular complexity index is 2590. The monoisotopic (exact) mass is 881 g/mol. The summed E-state index contributed by atoms with van der Waals surface area (Å²) in [5.74, 6) is -0.776. The minimum atomic E-state index is -5.27. The van der Waals surface area contributed by atoms with Crippen molar-refractivity contribution in [1.82, 2.24) is 29.1 Å². The summed E-state index contributed by atoms with van der Waals surface area (Å²) in [7, 11) is -5.27. The van der Waals surface area contributed by atoms with Gasteiger partial charge in [-0.15, -0.1) is 0 Å². The highest BCUT2D eigenvalue weighted by atomic mass is 32.7. The predicted octanol–water partition coefficient (Wildman–Crippen LogP) is 3.31. The van der Waals surface area contributed by atoms with Crippen molar-refractivity contribution in [3.63, 3.8) is 0 Å². The summed E-state index contributed by atoms with van der Waals surface area (Å²) in [5.41, 5.74) is 4.83. The van der Waals surface area contributed by atoms with Crippen LogP contribution in [0.3, 0.4) is 0 Å². The molecule has 21 nitrogen and oxygen atoms in total. The van der Waals surface area contributed by atoms with Crippen molar-refractivity contribution in [3.05, 3.63) is 105 Å². The first-order valence-corrected chi connectivity index (χ1v) is 22.0. The number of halogens is 2. The molecule has 6 heterocycles. The summed E-state index contributed by atoms with van der Waals surface area (Å²) in [4.78, 5) is 62.0. The van der Waals surface area contributed by atoms with E-state index in [2.05, 4.69) is 15.0 Å². The lowest BCUT2D eigenvalue weighted by atomic mass is 10.1. The van der Waals surface area contributed by atoms with Crippen molar-refractivity contribution in [3.8, 4) is 11.5 Å². The van der Waals surface area contributed by atoms with Crippen LogP contribution in [0.25, 0.3) is 11.2 Å². The number of aromatic nitrogens is 6. The van der Waals surface area contributed by atoms with Gasteiger partial charge < -0.3 is 29.9 Å². The molecule has 3 fully saturated rings. The van der Waals surface area contributed by atoms with Crippen molar-refractivity contribution >= 4 is 49.0 Å². The molecule has 0 radical (unpaired) electrons. The van der Waals surface area contributed by atoms with Crippen molar-refractivity contribution in [2.45, 2.75) is 55.0 Å². The van der Waals surface area contributed by atoms with Crippen LogP contribution in [0.1, 0.15) is 28.4 Å². The lowest BCUT2D eigenvalue weighted by Gasteiger charge is -2.27. The third-order valence-electron chi connectivity index (χ3n) is 9.25. The molecule has 3 aliphatic rings. The van der Waals surface area contributed by atoms with Gasteiger partial charge in [0.1, 0.15) is 47.8 Å². The molecule has 8 rings (SSSR count). The molecule has 10 atom stereocenters. The van der Waals surface area contributed by atoms with Gasteiger partial charge in [0.15, 0.2) is 36.3 Å². The van der Waals surface area contributed by atoms with Crippen molar-refractivity contribution in [2.24, 2.45) is 0 Å². The van der Waals surface area contributed by atoms with E-state index in [0.29, 0.717) is 16.9 Å². The lowest BCUT2D eigenvalue weighted by Crippen LogP contribution is -2.37. The number of nitrogens with zero attached hydrogens (tertiary/aromatic N) is 5. The number of imidazole rings is 1. The minimum absolute atomic E-state index is 0.0251. The summed E-state index contributed by atoms with van der Waals surface area (Å²) in [6.07, 6.45) is -11.9. The summed E-state index contributed by atoms with van der Waals surface area (Å²) in [6, 6.07) is 12.3. The molecular weight excluding hydrogens is 850 g/mol. The van der Waals surface area contributed by atoms with Gasteiger partial charge in [-0.2, -0.15) is 0 Å². The van der Waals surface area contributed by atoms with Gasteiger partial charge in [0.25, 0.3) is 5.56 Å². The average molecular weight is 882 g/mol. The fraction of sp³-hybridized carbons (Fsp3) is 0.333. The van der Waals surface area contributed by atoms with E-state index in [1.165, 1.54) is 48.5 Å². The lowest BCUT2D eigenvalue weighted by molar-refractivity contribution is -0.0635. The first kappa shape index (κ1) is 40.9. The summed E-state index contributed by atoms with van der Waals surface area (Å²) in [6.45, 7) is -6.55. The number of rotatable bonds is 7. The number of carbonyl (C=O) groups is 1. The summed E-state index contributed by atoms with van der Waals surface area (Å²) in [5, 5.41) is 9.49. The number of nitrogen functional groups attached to an aromatic ring is 1. The van der Waals surface area contributed by atoms with Crippen LogP contribution >= 0.6 is 26.0 Å². The van der Waals surface area contributed by atoms with Crippen LogP contribution in [0.5, 0.6) is 11.5 Å². The smallest absolute Gasteiger partial charge is 0.472 e. The number of phenolic OH excluding ortho intramolecular Hbond substituents is 1. The number of nitrogens with one attached hydrogen (secondary N) is 1. The molecule has 5 N–H and O–H groups in total. The third kappa shape index (κ3) is 8.59. The molecule has 2 aromatic carbocycles. The van der Waals surface area contributed by atoms with Crippen LogP contribution in [0.2, 0.25) is 0 Å². The van der Waals surface area contributed by atoms with Crippen molar-refractivity contribution in [2.75, 3.05) is 18.9 Å². The maximum atomic E-state index is 16.4. The number of H-pyrrole nitrogens is 1. The largest absolute Gasteiger partial charge is 0.508 e. The van der Waals surface area contributed by atoms with E-state index in [1.54, 1.807) is 0 Å². The number of esters is 1. The highest BCUT2D eigenvalue weighted by Gasteiger charge is 2.55. The standard InChI is InChI=1S/C33H31F2N7O14P2S/c34-23-20-11-50-57(47,48)55-26-21(54-30(24(26)35)42-15-39-25-28(36)37-14-38-29(25)42)12-51-58(49,56-27(23)31(53-20)41-10-9-22(44)40-33(41)46)59-13-16-1-7-19(8-2-16)52-32(45)17-3-5-18(43)6-4-17/h1-10,14-15,20-21,23-24,26-27,30-31,43H,11-13H2,(H,47,48)(H2,36,37,38)(H,40,44,46)/t20-,21-,23-,24-,26-,27-,30-,31-,58-/m1/s1. The number of hydrogen-bond donors (Lipinski definition) is 4. The molecule has 2 bridgehead atoms. The highest BCUT2D eigenvalue weighted by molar-refractivity contribution is 8.54. The van der Waals surface area contributed by atoms with E-state index >= 15 is 8.78 Å². The predicted molar refractivity (Wildman–Crippen MR) is 199 cm³/mol. The van der Waals surface area contributed by atoms with Crippen LogP contribution in [0.15, 0.2) is 83.0 Å². The quantitative estimate of drug-likeness (QED) is 0.104. The Morgan fingerprint density at radius 2 is 1.64 bits per heavy atom. The molecule has 59 heavy (non-hydrogen) atoms. The number of anilines is 1. The Morgan fingerprint density at radius 3 is 2.39 bits per heavy atom. The van der Waals surface area contributed by atoms with Gasteiger partial charge in [0, 0.05) is 18.0 Å². The number of phosphoric acid groups is 1. The topological polar surface area (TPSA) is 281 Å². The van der Waals surface area contributed by atoms with Gasteiger partial charge in [0.2, 0.25) is 0 Å². The fourth-order valence-corrected chi connectivity index (χ4v) is 10.7. The first-order valence-electron chi connectivity index (χ1n) is 17.3. The van der Waals surface area contributed by atoms with Crippen LogP contribution in [-0.2, 0) is 42.5 Å². The van der Waals surface area contributed by atoms with Gasteiger partial charge in [-0.3, -0.25) is 37.0 Å². The van der Waals surface area contributed by atoms with Gasteiger partial charge in [-0.25, -0.2) is 42.5 Å². The van der Waals surface area contributed by atoms with Gasteiger partial charge in [0.05, 0.1) is 25.1 Å². The van der Waals surface area contributed by atoms with E-state index in [9.17, 15) is 33.5 Å². The minimum Gasteiger partial charge on any atom is -0.508 e. The number of nitrogens with two attached hydrogens (primary N) is 1. The number of fused-ring (bicyclic) bond motifs is 4. The second kappa shape index (κ2) is 16.3. The van der Waals surface area contributed by atoms with Crippen molar-refractivity contribution < 1.29 is 65.0 Å². The molecule has 0 saturated carbocycles. The first-order chi connectivity index (χ1) is 28.2. The molecule has 3 aliphatic heterocycles. The zero-order chi connectivity index (χ0) is 41.6. The number of alkyl halides is 2. The second-order valence-corrected chi connectivity index (χ2v) is 18.6. The van der Waals surface area contributed by atoms with E-state index in [0.717, 1.165) is 34.1 Å². The van der Waals surface area contributed by atoms with Crippen molar-refractivity contribution in [1.29, 1.82) is 0 Å². The maximum Gasteiger partial charge on any atom is 0.472 e. The van der Waals surface area contributed by atoms with E-state index < -0.39 is 94.3 Å². The highest BCUT2D eigenvalue weighted by Crippen LogP contribution is 2.65. The molecule has 3 aromatic heterocycles. The molecular formula is C33H31F2N7O14P2S. The molecule has 312 valence electrons. The fourth-order valence-electron chi connectivity index (χ4n) is 6.36. The van der Waals surface area contributed by atoms with Crippen LogP contribution in [0.4, 0.5) is 14.6 Å². The molecule has 1 unspecified atom stereocenters. The number of ether oxygens (including phenoxy) is 3. The number of hydrogen-bond acceptors (Lipinski definition) is 18. The Labute approximate surface area is 333 Å². The van der Waals surface area contributed by atoms with E-state index in [-0.39, 0.29) is 39.8 Å². The molecule has 3 saturated heterocycles. The number of phosphoric ester groups is 1. The van der Waals surface area contributed by atoms with Crippen LogP contribution < -0.4 is 21.7 Å². The summed E-state index contributed by atoms with van der Waals surface area (Å²) < 4.78 is 102. The number of aromatic amines is 1. The number of aromatic hydroxyl groups is 1. The number of phenols is 1. The summed E-state index contributed by atoms with van der Waals surface area (Å²) >= 11 is 0.548. The van der Waals surface area contributed by atoms with E-state index in [1.807, 2.05) is 4.98 Å². The SMILES string of the molecule is Nc1ncnc2c1ncn2[C@@H]1O[C@@H]2CO[P@@](=O)(SCc3ccc(OC(=O)c4ccc(O)cc4)cc3)O[C@@H]3[C@H](F)[C@@H](COP(=O)(O)O[C@H]2[C@H]1F)O[C@H]3n1ccc(=O)[nH]c1=O. The number of carbonyl (C=O) groups excluding carboxylic acids is 1. The second-order valence-electron chi connectivity index (χ2n) is 13.1. The normalized spacial score (nSPS) is 31.2. The molecule has 26 heteroatoms. The maximum absolute atomic E-state index is 16.4. The van der Waals surface area contributed by atoms with Crippen LogP contribution in [-0.4, -0.2) is 95.0 Å². The zero-order valence-electron chi connectivity index (χ0n) is 29.8. The zero-order valence-corrected chi connectivity index (χ0v) is 32.4. The molecule has 5 aromatic rings. The average Bonchev–Trinajstić information content (AvgIpc) is 3.86. The Morgan fingerprint density at radius 1 is 0.915 bits per heavy atom. The van der Waals surface area contributed by atoms with Gasteiger partial charge in [-0.05, 0) is 53.3 Å². The Kier molecular flexibility index (Phi) is 11.3. The Hall–Kier alpha value is -4.87. The molecule has 0 amide bonds. The van der Waals surface area contributed by atoms with Gasteiger partial charge >= 0.3 is 26.3 Å². The molecule has 0 spiro atoms. The van der Waals surface area contributed by atoms with Crippen LogP contribution in [0, 0.1) is 0 Å². The Balaban J connectivity index is 1.09. The molecule has 0 aliphatic carbocycles.